The molecule has 0 spiro atoms. The molecular weight excluding hydrogens is 212 g/mol. The van der Waals surface area contributed by atoms with Crippen molar-refractivity contribution < 1.29 is 14.7 Å². The van der Waals surface area contributed by atoms with Crippen LogP contribution in [0, 0.1) is 0 Å². The van der Waals surface area contributed by atoms with Gasteiger partial charge in [-0.3, -0.25) is 9.59 Å². The number of carboxylic acids is 1. The third-order valence-electron chi connectivity index (χ3n) is 1.40. The normalized spacial score (nSPS) is 12.4. The molecule has 0 fully saturated rings. The highest BCUT2D eigenvalue weighted by molar-refractivity contribution is 7.12. The molecule has 0 saturated heterocycles. The van der Waals surface area contributed by atoms with Crippen LogP contribution in [-0.2, 0) is 4.79 Å². The van der Waals surface area contributed by atoms with Gasteiger partial charge in [0.2, 0.25) is 0 Å². The van der Waals surface area contributed by atoms with Crippen LogP contribution in [0.1, 0.15) is 16.1 Å². The molecule has 0 bridgehead atoms. The lowest BCUT2D eigenvalue weighted by atomic mass is 10.2. The monoisotopic (exact) mass is 218 g/mol. The first-order chi connectivity index (χ1) is 6.11. The number of halogens is 1. The Kier molecular flexibility index (Phi) is 3.45. The molecule has 3 nitrogen and oxygen atoms in total. The zero-order valence-electron chi connectivity index (χ0n) is 6.57. The number of carboxylic acid groups (broad SMARTS) is 1. The summed E-state index contributed by atoms with van der Waals surface area (Å²) in [6.45, 7) is 0. The van der Waals surface area contributed by atoms with Gasteiger partial charge >= 0.3 is 5.97 Å². The molecule has 0 aromatic carbocycles. The van der Waals surface area contributed by atoms with Crippen LogP contribution in [0.5, 0.6) is 0 Å². The molecule has 0 radical (unpaired) electrons. The van der Waals surface area contributed by atoms with Crippen LogP contribution in [0.2, 0.25) is 0 Å². The first kappa shape index (κ1) is 10.2. The Morgan fingerprint density at radius 1 is 1.62 bits per heavy atom. The van der Waals surface area contributed by atoms with Crippen molar-refractivity contribution in [2.24, 2.45) is 0 Å². The number of Topliss-reactive ketones (excluding diaryl/α,β-unsaturated/α-hetero) is 1. The van der Waals surface area contributed by atoms with E-state index >= 15 is 0 Å². The van der Waals surface area contributed by atoms with E-state index in [1.807, 2.05) is 0 Å². The van der Waals surface area contributed by atoms with Gasteiger partial charge in [-0.25, -0.2) is 0 Å². The third-order valence-corrected chi connectivity index (χ3v) is 2.64. The number of carbonyl (C=O) groups excluding carboxylic acids is 1. The number of ketones is 1. The summed E-state index contributed by atoms with van der Waals surface area (Å²) < 4.78 is 0. The van der Waals surface area contributed by atoms with Gasteiger partial charge in [-0.05, 0) is 11.4 Å². The van der Waals surface area contributed by atoms with Crippen molar-refractivity contribution in [1.82, 2.24) is 0 Å². The van der Waals surface area contributed by atoms with E-state index in [2.05, 4.69) is 0 Å². The van der Waals surface area contributed by atoms with Gasteiger partial charge in [-0.1, -0.05) is 6.07 Å². The van der Waals surface area contributed by atoms with Crippen molar-refractivity contribution in [3.05, 3.63) is 22.4 Å². The fourth-order valence-corrected chi connectivity index (χ4v) is 1.85. The van der Waals surface area contributed by atoms with Crippen molar-refractivity contribution >= 4 is 34.7 Å². The molecule has 0 saturated carbocycles. The van der Waals surface area contributed by atoms with Gasteiger partial charge in [0.15, 0.2) is 5.78 Å². The van der Waals surface area contributed by atoms with Crippen LogP contribution in [0.3, 0.4) is 0 Å². The van der Waals surface area contributed by atoms with Crippen LogP contribution in [0.25, 0.3) is 0 Å². The van der Waals surface area contributed by atoms with Gasteiger partial charge in [-0.15, -0.1) is 22.9 Å². The minimum Gasteiger partial charge on any atom is -0.481 e. The largest absolute Gasteiger partial charge is 0.481 e. The van der Waals surface area contributed by atoms with Crippen LogP contribution in [-0.4, -0.2) is 22.2 Å². The second kappa shape index (κ2) is 4.39. The Hall–Kier alpha value is -0.870. The Morgan fingerprint density at radius 2 is 2.31 bits per heavy atom. The summed E-state index contributed by atoms with van der Waals surface area (Å²) in [6.07, 6.45) is -0.335. The van der Waals surface area contributed by atoms with Crippen molar-refractivity contribution in [2.45, 2.75) is 11.8 Å². The molecule has 5 heteroatoms. The van der Waals surface area contributed by atoms with E-state index in [0.29, 0.717) is 4.88 Å². The van der Waals surface area contributed by atoms with Crippen molar-refractivity contribution in [3.8, 4) is 0 Å². The molecule has 0 amide bonds. The zero-order valence-corrected chi connectivity index (χ0v) is 8.14. The van der Waals surface area contributed by atoms with E-state index in [-0.39, 0.29) is 12.2 Å². The van der Waals surface area contributed by atoms with Gasteiger partial charge in [0.1, 0.15) is 5.38 Å². The minimum absolute atomic E-state index is 0.320. The summed E-state index contributed by atoms with van der Waals surface area (Å²) in [6, 6.07) is 3.35. The number of aliphatic carboxylic acids is 1. The van der Waals surface area contributed by atoms with Gasteiger partial charge in [-0.2, -0.15) is 0 Å². The quantitative estimate of drug-likeness (QED) is 0.621. The summed E-state index contributed by atoms with van der Waals surface area (Å²) in [5.41, 5.74) is 0. The average molecular weight is 219 g/mol. The molecule has 1 unspecified atom stereocenters. The SMILES string of the molecule is O=C(O)CC(Cl)C(=O)c1cccs1. The number of rotatable bonds is 4. The van der Waals surface area contributed by atoms with E-state index in [0.717, 1.165) is 0 Å². The molecular formula is C8H7ClO3S. The lowest BCUT2D eigenvalue weighted by Crippen LogP contribution is -2.17. The van der Waals surface area contributed by atoms with E-state index in [1.54, 1.807) is 17.5 Å². The number of hydrogen-bond donors (Lipinski definition) is 1. The number of thiophene rings is 1. The van der Waals surface area contributed by atoms with E-state index in [4.69, 9.17) is 16.7 Å². The zero-order chi connectivity index (χ0) is 9.84. The lowest BCUT2D eigenvalue weighted by Gasteiger charge is -2.02. The van der Waals surface area contributed by atoms with Gasteiger partial charge in [0, 0.05) is 0 Å². The predicted molar refractivity (Wildman–Crippen MR) is 50.5 cm³/mol. The summed E-state index contributed by atoms with van der Waals surface area (Å²) in [5.74, 6) is -1.39. The Bertz CT molecular complexity index is 307. The number of alkyl halides is 1. The lowest BCUT2D eigenvalue weighted by molar-refractivity contribution is -0.136. The van der Waals surface area contributed by atoms with Crippen molar-refractivity contribution in [3.63, 3.8) is 0 Å². The summed E-state index contributed by atoms with van der Waals surface area (Å²) in [7, 11) is 0. The highest BCUT2D eigenvalue weighted by atomic mass is 35.5. The topological polar surface area (TPSA) is 54.4 Å². The smallest absolute Gasteiger partial charge is 0.305 e. The molecule has 1 atom stereocenters. The summed E-state index contributed by atoms with van der Waals surface area (Å²) in [5, 5.41) is 9.18. The minimum atomic E-state index is -1.06. The van der Waals surface area contributed by atoms with E-state index < -0.39 is 11.3 Å². The molecule has 1 N–H and O–H groups in total. The highest BCUT2D eigenvalue weighted by Crippen LogP contribution is 2.16. The Morgan fingerprint density at radius 3 is 2.77 bits per heavy atom. The van der Waals surface area contributed by atoms with Crippen LogP contribution in [0.4, 0.5) is 0 Å². The molecule has 1 aromatic heterocycles. The third kappa shape index (κ3) is 2.82. The molecule has 0 aliphatic heterocycles. The predicted octanol–water partition coefficient (Wildman–Crippen LogP) is 2.01. The molecule has 1 heterocycles. The maximum atomic E-state index is 11.4. The summed E-state index contributed by atoms with van der Waals surface area (Å²) >= 11 is 6.85. The first-order valence-electron chi connectivity index (χ1n) is 3.55. The highest BCUT2D eigenvalue weighted by Gasteiger charge is 2.20. The molecule has 0 aliphatic carbocycles. The van der Waals surface area contributed by atoms with E-state index in [1.165, 1.54) is 11.3 Å². The van der Waals surface area contributed by atoms with Gasteiger partial charge < -0.3 is 5.11 Å². The van der Waals surface area contributed by atoms with Crippen LogP contribution < -0.4 is 0 Å². The van der Waals surface area contributed by atoms with Crippen LogP contribution in [0.15, 0.2) is 17.5 Å². The standard InChI is InChI=1S/C8H7ClO3S/c9-5(4-7(10)11)8(12)6-2-1-3-13-6/h1-3,5H,4H2,(H,10,11). The van der Waals surface area contributed by atoms with Gasteiger partial charge in [0.25, 0.3) is 0 Å². The van der Waals surface area contributed by atoms with Gasteiger partial charge in [0.05, 0.1) is 11.3 Å². The Balaban J connectivity index is 2.63. The average Bonchev–Trinajstić information content (AvgIpc) is 2.53. The number of carbonyl (C=O) groups is 2. The van der Waals surface area contributed by atoms with E-state index in [9.17, 15) is 9.59 Å². The second-order valence-electron chi connectivity index (χ2n) is 2.41. The molecule has 1 rings (SSSR count). The Labute approximate surface area is 84.0 Å². The first-order valence-corrected chi connectivity index (χ1v) is 4.86. The van der Waals surface area contributed by atoms with Crippen molar-refractivity contribution in [2.75, 3.05) is 0 Å². The van der Waals surface area contributed by atoms with Crippen LogP contribution >= 0.6 is 22.9 Å². The maximum Gasteiger partial charge on any atom is 0.305 e. The summed E-state index contributed by atoms with van der Waals surface area (Å²) in [4.78, 5) is 22.1. The molecule has 0 aliphatic rings. The van der Waals surface area contributed by atoms with Crippen molar-refractivity contribution in [1.29, 1.82) is 0 Å². The molecule has 13 heavy (non-hydrogen) atoms. The maximum absolute atomic E-state index is 11.4. The molecule has 1 aromatic rings. The molecule has 70 valence electrons. The fraction of sp³-hybridized carbons (Fsp3) is 0.250. The second-order valence-corrected chi connectivity index (χ2v) is 3.88. The number of hydrogen-bond acceptors (Lipinski definition) is 3. The fourth-order valence-electron chi connectivity index (χ4n) is 0.819.